The number of rotatable bonds is 4. The highest BCUT2D eigenvalue weighted by Crippen LogP contribution is 2.28. The van der Waals surface area contributed by atoms with Crippen LogP contribution in [0.15, 0.2) is 41.8 Å². The van der Waals surface area contributed by atoms with Crippen molar-refractivity contribution in [1.29, 1.82) is 0 Å². The zero-order chi connectivity index (χ0) is 18.7. The van der Waals surface area contributed by atoms with Crippen molar-refractivity contribution in [1.82, 2.24) is 9.97 Å². The molecule has 0 aliphatic carbocycles. The van der Waals surface area contributed by atoms with Crippen LogP contribution in [0.1, 0.15) is 23.1 Å². The fourth-order valence-electron chi connectivity index (χ4n) is 2.29. The van der Waals surface area contributed by atoms with E-state index in [9.17, 15) is 14.0 Å². The Bertz CT molecular complexity index is 987. The smallest absolute Gasteiger partial charge is 0.276 e. The van der Waals surface area contributed by atoms with E-state index in [0.717, 1.165) is 5.69 Å². The first-order chi connectivity index (χ1) is 12.4. The van der Waals surface area contributed by atoms with Crippen molar-refractivity contribution < 1.29 is 14.0 Å². The minimum Gasteiger partial charge on any atom is -0.326 e. The third-order valence-corrected chi connectivity index (χ3v) is 4.17. The Morgan fingerprint density at radius 3 is 2.62 bits per heavy atom. The lowest BCUT2D eigenvalue weighted by atomic mass is 10.1. The molecular weight excluding hydrogens is 355 g/mol. The molecule has 132 valence electrons. The SMILES string of the molecule is CC(=O)Nc1ccc(-c2csc(NC(=O)c3cccc(C)n3)n2)c(F)c1. The summed E-state index contributed by atoms with van der Waals surface area (Å²) < 4.78 is 14.3. The number of thiazole rings is 1. The van der Waals surface area contributed by atoms with E-state index in [4.69, 9.17) is 0 Å². The molecule has 6 nitrogen and oxygen atoms in total. The lowest BCUT2D eigenvalue weighted by Gasteiger charge is -2.05. The summed E-state index contributed by atoms with van der Waals surface area (Å²) in [6, 6.07) is 9.50. The van der Waals surface area contributed by atoms with Crippen molar-refractivity contribution in [2.45, 2.75) is 13.8 Å². The van der Waals surface area contributed by atoms with E-state index < -0.39 is 5.82 Å². The van der Waals surface area contributed by atoms with Crippen LogP contribution in [0.4, 0.5) is 15.2 Å². The fourth-order valence-corrected chi connectivity index (χ4v) is 2.99. The van der Waals surface area contributed by atoms with Crippen LogP contribution in [0.2, 0.25) is 0 Å². The van der Waals surface area contributed by atoms with Crippen molar-refractivity contribution in [3.63, 3.8) is 0 Å². The summed E-state index contributed by atoms with van der Waals surface area (Å²) in [5.41, 5.74) is 2.07. The number of nitrogens with one attached hydrogen (secondary N) is 2. The molecule has 0 unspecified atom stereocenters. The third kappa shape index (κ3) is 4.09. The number of hydrogen-bond donors (Lipinski definition) is 2. The van der Waals surface area contributed by atoms with Gasteiger partial charge < -0.3 is 5.32 Å². The number of halogens is 1. The Morgan fingerprint density at radius 2 is 1.92 bits per heavy atom. The predicted octanol–water partition coefficient (Wildman–Crippen LogP) is 3.86. The van der Waals surface area contributed by atoms with Crippen LogP contribution in [0.3, 0.4) is 0 Å². The van der Waals surface area contributed by atoms with Crippen LogP contribution in [0, 0.1) is 12.7 Å². The molecule has 0 aliphatic heterocycles. The second-order valence-corrected chi connectivity index (χ2v) is 6.39. The Labute approximate surface area is 153 Å². The molecule has 0 atom stereocenters. The second-order valence-electron chi connectivity index (χ2n) is 5.53. The number of hydrogen-bond acceptors (Lipinski definition) is 5. The van der Waals surface area contributed by atoms with Gasteiger partial charge in [-0.25, -0.2) is 14.4 Å². The maximum absolute atomic E-state index is 14.3. The van der Waals surface area contributed by atoms with E-state index >= 15 is 0 Å². The average molecular weight is 370 g/mol. The van der Waals surface area contributed by atoms with E-state index in [-0.39, 0.29) is 23.1 Å². The van der Waals surface area contributed by atoms with Gasteiger partial charge in [-0.2, -0.15) is 0 Å². The lowest BCUT2D eigenvalue weighted by Crippen LogP contribution is -2.13. The summed E-state index contributed by atoms with van der Waals surface area (Å²) in [6.07, 6.45) is 0. The molecule has 0 aliphatic rings. The van der Waals surface area contributed by atoms with Gasteiger partial charge in [-0.1, -0.05) is 6.07 Å². The van der Waals surface area contributed by atoms with E-state index in [1.807, 2.05) is 0 Å². The van der Waals surface area contributed by atoms with E-state index in [2.05, 4.69) is 20.6 Å². The van der Waals surface area contributed by atoms with Crippen molar-refractivity contribution in [2.24, 2.45) is 0 Å². The molecule has 2 N–H and O–H groups in total. The molecule has 0 radical (unpaired) electrons. The number of carbonyl (C=O) groups excluding carboxylic acids is 2. The van der Waals surface area contributed by atoms with Gasteiger partial charge in [-0.15, -0.1) is 11.3 Å². The largest absolute Gasteiger partial charge is 0.326 e. The second kappa shape index (κ2) is 7.40. The molecule has 2 heterocycles. The Morgan fingerprint density at radius 1 is 1.12 bits per heavy atom. The number of pyridine rings is 1. The molecule has 0 bridgehead atoms. The molecule has 0 saturated heterocycles. The van der Waals surface area contributed by atoms with Crippen LogP contribution in [-0.2, 0) is 4.79 Å². The molecule has 3 aromatic rings. The zero-order valence-electron chi connectivity index (χ0n) is 14.0. The van der Waals surface area contributed by atoms with Crippen molar-refractivity contribution in [2.75, 3.05) is 10.6 Å². The Hall–Kier alpha value is -3.13. The van der Waals surface area contributed by atoms with E-state index in [1.165, 1.54) is 30.4 Å². The molecule has 0 spiro atoms. The van der Waals surface area contributed by atoms with Crippen LogP contribution in [-0.4, -0.2) is 21.8 Å². The summed E-state index contributed by atoms with van der Waals surface area (Å²) in [5.74, 6) is -1.17. The number of anilines is 2. The number of nitrogens with zero attached hydrogens (tertiary/aromatic N) is 2. The molecule has 0 fully saturated rings. The highest BCUT2D eigenvalue weighted by molar-refractivity contribution is 7.14. The minimum atomic E-state index is -0.514. The number of aryl methyl sites for hydroxylation is 1. The highest BCUT2D eigenvalue weighted by Gasteiger charge is 2.14. The number of amides is 2. The van der Waals surface area contributed by atoms with Gasteiger partial charge in [0.25, 0.3) is 5.91 Å². The summed E-state index contributed by atoms with van der Waals surface area (Å²) in [7, 11) is 0. The van der Waals surface area contributed by atoms with Gasteiger partial charge in [0.2, 0.25) is 5.91 Å². The van der Waals surface area contributed by atoms with Crippen molar-refractivity contribution in [3.05, 3.63) is 59.0 Å². The minimum absolute atomic E-state index is 0.277. The first-order valence-electron chi connectivity index (χ1n) is 7.70. The van der Waals surface area contributed by atoms with Crippen LogP contribution >= 0.6 is 11.3 Å². The number of carbonyl (C=O) groups is 2. The summed E-state index contributed by atoms with van der Waals surface area (Å²) >= 11 is 1.19. The van der Waals surface area contributed by atoms with Crippen LogP contribution < -0.4 is 10.6 Å². The van der Waals surface area contributed by atoms with Crippen molar-refractivity contribution >= 4 is 34.0 Å². The molecule has 2 aromatic heterocycles. The summed E-state index contributed by atoms with van der Waals surface area (Å²) in [6.45, 7) is 3.15. The van der Waals surface area contributed by atoms with Gasteiger partial charge in [0.1, 0.15) is 11.5 Å². The maximum atomic E-state index is 14.3. The normalized spacial score (nSPS) is 10.4. The highest BCUT2D eigenvalue weighted by atomic mass is 32.1. The molecule has 0 saturated carbocycles. The molecular formula is C18H15FN4O2S. The third-order valence-electron chi connectivity index (χ3n) is 3.41. The van der Waals surface area contributed by atoms with Gasteiger partial charge >= 0.3 is 0 Å². The van der Waals surface area contributed by atoms with E-state index in [0.29, 0.717) is 16.5 Å². The van der Waals surface area contributed by atoms with E-state index in [1.54, 1.807) is 36.6 Å². The molecule has 3 rings (SSSR count). The number of aromatic nitrogens is 2. The summed E-state index contributed by atoms with van der Waals surface area (Å²) in [4.78, 5) is 31.6. The Kier molecular flexibility index (Phi) is 5.04. The first kappa shape index (κ1) is 17.7. The van der Waals surface area contributed by atoms with Gasteiger partial charge in [0.15, 0.2) is 5.13 Å². The molecule has 26 heavy (non-hydrogen) atoms. The topological polar surface area (TPSA) is 84.0 Å². The maximum Gasteiger partial charge on any atom is 0.276 e. The first-order valence-corrected chi connectivity index (χ1v) is 8.58. The zero-order valence-corrected chi connectivity index (χ0v) is 14.9. The monoisotopic (exact) mass is 370 g/mol. The van der Waals surface area contributed by atoms with Gasteiger partial charge in [-0.3, -0.25) is 14.9 Å². The number of benzene rings is 1. The predicted molar refractivity (Wildman–Crippen MR) is 98.7 cm³/mol. The van der Waals surface area contributed by atoms with Crippen molar-refractivity contribution in [3.8, 4) is 11.3 Å². The van der Waals surface area contributed by atoms with Crippen LogP contribution in [0.5, 0.6) is 0 Å². The quantitative estimate of drug-likeness (QED) is 0.730. The average Bonchev–Trinajstić information content (AvgIpc) is 3.02. The van der Waals surface area contributed by atoms with Gasteiger partial charge in [0.05, 0.1) is 5.69 Å². The molecule has 2 amide bonds. The molecule has 1 aromatic carbocycles. The standard InChI is InChI=1S/C18H15FN4O2S/c1-10-4-3-5-15(20-10)17(25)23-18-22-16(9-26-18)13-7-6-12(8-14(13)19)21-11(2)24/h3-9H,1-2H3,(H,21,24)(H,22,23,25). The van der Waals surface area contributed by atoms with Gasteiger partial charge in [-0.05, 0) is 37.3 Å². The fraction of sp³-hybridized carbons (Fsp3) is 0.111. The Balaban J connectivity index is 1.77. The van der Waals surface area contributed by atoms with Gasteiger partial charge in [0, 0.05) is 29.2 Å². The van der Waals surface area contributed by atoms with Crippen LogP contribution in [0.25, 0.3) is 11.3 Å². The molecule has 8 heteroatoms. The lowest BCUT2D eigenvalue weighted by molar-refractivity contribution is -0.114. The summed E-state index contributed by atoms with van der Waals surface area (Å²) in [5, 5.41) is 7.17.